The number of Topliss-reactive ketones (excluding diaryl/α,β-unsaturated/α-hetero) is 1. The molecule has 26 heavy (non-hydrogen) atoms. The number of carbonyl (C=O) groups excluding carboxylic acids is 2. The topological polar surface area (TPSA) is 94.8 Å². The zero-order chi connectivity index (χ0) is 18.9. The van der Waals surface area contributed by atoms with Crippen molar-refractivity contribution in [3.8, 4) is 0 Å². The van der Waals surface area contributed by atoms with Crippen molar-refractivity contribution < 1.29 is 24.9 Å². The predicted octanol–water partition coefficient (Wildman–Crippen LogP) is 1.64. The Morgan fingerprint density at radius 2 is 1.96 bits per heavy atom. The Balaban J connectivity index is 1.73. The summed E-state index contributed by atoms with van der Waals surface area (Å²) in [6.07, 6.45) is 4.38. The molecular weight excluding hydrogens is 332 g/mol. The van der Waals surface area contributed by atoms with Crippen molar-refractivity contribution in [3.63, 3.8) is 0 Å². The van der Waals surface area contributed by atoms with Gasteiger partial charge in [-0.25, -0.2) is 0 Å². The summed E-state index contributed by atoms with van der Waals surface area (Å²) in [7, 11) is 0. The monoisotopic (exact) mass is 362 g/mol. The molecule has 8 atom stereocenters. The summed E-state index contributed by atoms with van der Waals surface area (Å²) in [5.41, 5.74) is 0.149. The number of ketones is 2. The van der Waals surface area contributed by atoms with E-state index in [-0.39, 0.29) is 41.2 Å². The van der Waals surface area contributed by atoms with E-state index in [0.717, 1.165) is 31.3 Å². The quantitative estimate of drug-likeness (QED) is 0.694. The molecular formula is C21H30O5. The van der Waals surface area contributed by atoms with Crippen LogP contribution in [0.5, 0.6) is 0 Å². The zero-order valence-electron chi connectivity index (χ0n) is 15.6. The van der Waals surface area contributed by atoms with Crippen LogP contribution in [0.25, 0.3) is 0 Å². The lowest BCUT2D eigenvalue weighted by Gasteiger charge is -2.60. The molecule has 0 bridgehead atoms. The highest BCUT2D eigenvalue weighted by molar-refractivity contribution is 5.92. The SMILES string of the molecule is C[C@]12C[C@H](O)[C@H]3[C@@H](CCC4=CC(=O)C[C@H](O)[C@@]43C)[C@@H]1CC[C@@H]2C(=O)CO. The molecule has 4 aliphatic rings. The van der Waals surface area contributed by atoms with Crippen LogP contribution in [-0.2, 0) is 9.59 Å². The van der Waals surface area contributed by atoms with Gasteiger partial charge in [-0.15, -0.1) is 0 Å². The van der Waals surface area contributed by atoms with Crippen LogP contribution in [-0.4, -0.2) is 45.7 Å². The minimum Gasteiger partial charge on any atom is -0.393 e. The molecule has 144 valence electrons. The van der Waals surface area contributed by atoms with Gasteiger partial charge in [-0.3, -0.25) is 9.59 Å². The Bertz CT molecular complexity index is 669. The van der Waals surface area contributed by atoms with Crippen LogP contribution in [0, 0.1) is 34.5 Å². The van der Waals surface area contributed by atoms with Crippen LogP contribution in [0.2, 0.25) is 0 Å². The average Bonchev–Trinajstić information content (AvgIpc) is 2.92. The summed E-state index contributed by atoms with van der Waals surface area (Å²) in [5, 5.41) is 31.4. The third kappa shape index (κ3) is 2.26. The van der Waals surface area contributed by atoms with Gasteiger partial charge in [-0.1, -0.05) is 19.4 Å². The molecule has 0 aromatic heterocycles. The first kappa shape index (κ1) is 18.3. The Morgan fingerprint density at radius 3 is 2.65 bits per heavy atom. The largest absolute Gasteiger partial charge is 0.393 e. The maximum atomic E-state index is 12.3. The van der Waals surface area contributed by atoms with Crippen molar-refractivity contribution in [1.82, 2.24) is 0 Å². The minimum absolute atomic E-state index is 0.0203. The maximum Gasteiger partial charge on any atom is 0.161 e. The number of aliphatic hydroxyl groups is 3. The van der Waals surface area contributed by atoms with Gasteiger partial charge in [0.1, 0.15) is 6.61 Å². The fourth-order valence-corrected chi connectivity index (χ4v) is 7.36. The molecule has 3 fully saturated rings. The molecule has 4 rings (SSSR count). The maximum absolute atomic E-state index is 12.3. The third-order valence-corrected chi connectivity index (χ3v) is 8.55. The molecule has 0 saturated heterocycles. The van der Waals surface area contributed by atoms with E-state index in [0.29, 0.717) is 12.3 Å². The fourth-order valence-electron chi connectivity index (χ4n) is 7.36. The number of carbonyl (C=O) groups is 2. The summed E-state index contributed by atoms with van der Waals surface area (Å²) in [5.74, 6) is 0.173. The van der Waals surface area contributed by atoms with Crippen molar-refractivity contribution in [2.75, 3.05) is 6.61 Å². The molecule has 3 N–H and O–H groups in total. The summed E-state index contributed by atoms with van der Waals surface area (Å²) in [6, 6.07) is 0. The van der Waals surface area contributed by atoms with Crippen molar-refractivity contribution in [2.45, 2.75) is 64.6 Å². The fraction of sp³-hybridized carbons (Fsp3) is 0.810. The molecule has 0 aromatic rings. The first-order chi connectivity index (χ1) is 12.2. The van der Waals surface area contributed by atoms with E-state index in [4.69, 9.17) is 0 Å². The zero-order valence-corrected chi connectivity index (χ0v) is 15.6. The molecule has 0 radical (unpaired) electrons. The number of fused-ring (bicyclic) bond motifs is 5. The Hall–Kier alpha value is -1.04. The lowest BCUT2D eigenvalue weighted by molar-refractivity contribution is -0.162. The first-order valence-corrected chi connectivity index (χ1v) is 9.97. The van der Waals surface area contributed by atoms with Crippen LogP contribution in [0.1, 0.15) is 52.4 Å². The first-order valence-electron chi connectivity index (χ1n) is 9.97. The van der Waals surface area contributed by atoms with Gasteiger partial charge >= 0.3 is 0 Å². The van der Waals surface area contributed by atoms with Gasteiger partial charge in [0.05, 0.1) is 12.2 Å². The third-order valence-electron chi connectivity index (χ3n) is 8.55. The van der Waals surface area contributed by atoms with Crippen molar-refractivity contribution >= 4 is 11.6 Å². The van der Waals surface area contributed by atoms with Crippen LogP contribution in [0.3, 0.4) is 0 Å². The van der Waals surface area contributed by atoms with Crippen LogP contribution in [0.4, 0.5) is 0 Å². The Morgan fingerprint density at radius 1 is 1.23 bits per heavy atom. The van der Waals surface area contributed by atoms with Gasteiger partial charge in [-0.2, -0.15) is 0 Å². The molecule has 4 aliphatic carbocycles. The van der Waals surface area contributed by atoms with Gasteiger partial charge < -0.3 is 15.3 Å². The summed E-state index contributed by atoms with van der Waals surface area (Å²) >= 11 is 0. The average molecular weight is 362 g/mol. The number of aliphatic hydroxyl groups excluding tert-OH is 3. The van der Waals surface area contributed by atoms with E-state index in [1.54, 1.807) is 6.08 Å². The molecule has 0 spiro atoms. The predicted molar refractivity (Wildman–Crippen MR) is 95.1 cm³/mol. The molecule has 5 nitrogen and oxygen atoms in total. The van der Waals surface area contributed by atoms with E-state index in [2.05, 4.69) is 6.92 Å². The number of rotatable bonds is 2. The van der Waals surface area contributed by atoms with Crippen molar-refractivity contribution in [1.29, 1.82) is 0 Å². The second kappa shape index (κ2) is 5.98. The van der Waals surface area contributed by atoms with Gasteiger partial charge in [0.25, 0.3) is 0 Å². The lowest BCUT2D eigenvalue weighted by atomic mass is 9.45. The van der Waals surface area contributed by atoms with Gasteiger partial charge in [-0.05, 0) is 61.3 Å². The van der Waals surface area contributed by atoms with E-state index >= 15 is 0 Å². The normalized spacial score (nSPS) is 50.5. The summed E-state index contributed by atoms with van der Waals surface area (Å²) in [6.45, 7) is 3.70. The molecule has 0 amide bonds. The molecule has 0 aliphatic heterocycles. The van der Waals surface area contributed by atoms with Crippen LogP contribution >= 0.6 is 0 Å². The van der Waals surface area contributed by atoms with E-state index in [1.165, 1.54) is 0 Å². The molecule has 0 aromatic carbocycles. The smallest absolute Gasteiger partial charge is 0.161 e. The molecule has 5 heteroatoms. The van der Waals surface area contributed by atoms with E-state index < -0.39 is 24.2 Å². The second-order valence-electron chi connectivity index (χ2n) is 9.50. The van der Waals surface area contributed by atoms with Crippen molar-refractivity contribution in [3.05, 3.63) is 11.6 Å². The Kier molecular flexibility index (Phi) is 4.22. The Labute approximate surface area is 154 Å². The minimum atomic E-state index is -0.752. The highest BCUT2D eigenvalue weighted by Crippen LogP contribution is 2.66. The van der Waals surface area contributed by atoms with Crippen LogP contribution in [0.15, 0.2) is 11.6 Å². The van der Waals surface area contributed by atoms with Gasteiger partial charge in [0.15, 0.2) is 11.6 Å². The van der Waals surface area contributed by atoms with Crippen LogP contribution < -0.4 is 0 Å². The standard InChI is InChI=1S/C21H30O5/c1-20-9-16(24)19-13(14(20)5-6-15(20)17(25)10-22)4-3-11-7-12(23)8-18(26)21(11,19)2/h7,13-16,18-19,22,24,26H,3-6,8-10H2,1-2H3/t13-,14-,15+,16-,18-,19+,20-,21+/m0/s1. The van der Waals surface area contributed by atoms with Crippen molar-refractivity contribution in [2.24, 2.45) is 34.5 Å². The lowest BCUT2D eigenvalue weighted by Crippen LogP contribution is -2.60. The number of hydrogen-bond acceptors (Lipinski definition) is 5. The molecule has 3 saturated carbocycles. The van der Waals surface area contributed by atoms with Gasteiger partial charge in [0.2, 0.25) is 0 Å². The van der Waals surface area contributed by atoms with E-state index in [9.17, 15) is 24.9 Å². The summed E-state index contributed by atoms with van der Waals surface area (Å²) < 4.78 is 0. The molecule has 0 heterocycles. The van der Waals surface area contributed by atoms with Gasteiger partial charge in [0, 0.05) is 17.8 Å². The summed E-state index contributed by atoms with van der Waals surface area (Å²) in [4.78, 5) is 24.2. The second-order valence-corrected chi connectivity index (χ2v) is 9.50. The highest BCUT2D eigenvalue weighted by atomic mass is 16.3. The van der Waals surface area contributed by atoms with E-state index in [1.807, 2.05) is 6.92 Å². The highest BCUT2D eigenvalue weighted by Gasteiger charge is 2.64. The molecule has 0 unspecified atom stereocenters. The number of hydrogen-bond donors (Lipinski definition) is 3.